The minimum absolute atomic E-state index is 0.0593. The molecule has 0 fully saturated rings. The first-order valence-electron chi connectivity index (χ1n) is 8.51. The molecule has 0 aliphatic carbocycles. The van der Waals surface area contributed by atoms with Crippen LogP contribution in [-0.2, 0) is 0 Å². The Morgan fingerprint density at radius 1 is 1.28 bits per heavy atom. The number of rotatable bonds is 4. The van der Waals surface area contributed by atoms with Crippen LogP contribution in [0.4, 0.5) is 4.79 Å². The summed E-state index contributed by atoms with van der Waals surface area (Å²) in [6.07, 6.45) is 0.942. The molecule has 2 atom stereocenters. The third-order valence-corrected chi connectivity index (χ3v) is 5.59. The van der Waals surface area contributed by atoms with Gasteiger partial charge in [-0.15, -0.1) is 11.8 Å². The molecule has 2 aromatic rings. The Hall–Kier alpha value is -2.14. The number of aryl methyl sites for hydroxylation is 1. The van der Waals surface area contributed by atoms with Crippen molar-refractivity contribution in [2.45, 2.75) is 37.2 Å². The lowest BCUT2D eigenvalue weighted by molar-refractivity contribution is 0.233. The van der Waals surface area contributed by atoms with Crippen LogP contribution in [0.3, 0.4) is 0 Å². The molecule has 2 N–H and O–H groups in total. The fourth-order valence-electron chi connectivity index (χ4n) is 3.16. The van der Waals surface area contributed by atoms with Crippen LogP contribution in [0.2, 0.25) is 0 Å². The molecule has 0 aromatic heterocycles. The molecule has 2 unspecified atom stereocenters. The van der Waals surface area contributed by atoms with Gasteiger partial charge < -0.3 is 15.4 Å². The van der Waals surface area contributed by atoms with Gasteiger partial charge in [-0.05, 0) is 38.0 Å². The van der Waals surface area contributed by atoms with E-state index in [2.05, 4.69) is 28.8 Å². The van der Waals surface area contributed by atoms with Crippen LogP contribution in [0.1, 0.15) is 42.1 Å². The van der Waals surface area contributed by atoms with Crippen LogP contribution in [0, 0.1) is 6.92 Å². The number of ether oxygens (including phenoxy) is 1. The predicted molar refractivity (Wildman–Crippen MR) is 102 cm³/mol. The van der Waals surface area contributed by atoms with Gasteiger partial charge in [-0.25, -0.2) is 4.79 Å². The molecule has 1 heterocycles. The fraction of sp³-hybridized carbons (Fsp3) is 0.350. The van der Waals surface area contributed by atoms with Gasteiger partial charge in [0.2, 0.25) is 0 Å². The van der Waals surface area contributed by atoms with Crippen LogP contribution in [0.5, 0.6) is 5.75 Å². The van der Waals surface area contributed by atoms with E-state index in [9.17, 15) is 4.79 Å². The largest absolute Gasteiger partial charge is 0.496 e. The van der Waals surface area contributed by atoms with Crippen molar-refractivity contribution in [3.63, 3.8) is 0 Å². The Labute approximate surface area is 153 Å². The number of carbonyl (C=O) groups is 1. The number of methoxy groups -OCH3 is 1. The highest BCUT2D eigenvalue weighted by Gasteiger charge is 2.23. The number of amides is 2. The molecule has 2 aromatic carbocycles. The second-order valence-corrected chi connectivity index (χ2v) is 7.45. The summed E-state index contributed by atoms with van der Waals surface area (Å²) in [6, 6.07) is 14.1. The average Bonchev–Trinajstić information content (AvgIpc) is 2.62. The number of carbonyl (C=O) groups excluding carboxylic acids is 1. The van der Waals surface area contributed by atoms with Gasteiger partial charge in [0.1, 0.15) is 5.75 Å². The second kappa shape index (κ2) is 7.83. The number of urea groups is 1. The zero-order chi connectivity index (χ0) is 17.8. The summed E-state index contributed by atoms with van der Waals surface area (Å²) in [5.74, 6) is 1.81. The number of hydrogen-bond donors (Lipinski definition) is 2. The van der Waals surface area contributed by atoms with Crippen LogP contribution < -0.4 is 15.4 Å². The molecule has 4 nitrogen and oxygen atoms in total. The maximum atomic E-state index is 12.5. The van der Waals surface area contributed by atoms with Crippen molar-refractivity contribution in [3.05, 3.63) is 59.2 Å². The van der Waals surface area contributed by atoms with E-state index in [1.807, 2.05) is 49.9 Å². The third kappa shape index (κ3) is 4.10. The molecule has 0 bridgehead atoms. The fourth-order valence-corrected chi connectivity index (χ4v) is 4.28. The SMILES string of the molecule is COc1ccc(C)cc1C(C)NC(=O)NC1CCSc2ccccc21. The van der Waals surface area contributed by atoms with E-state index in [1.165, 1.54) is 10.5 Å². The molecule has 132 valence electrons. The Morgan fingerprint density at radius 3 is 2.88 bits per heavy atom. The number of nitrogens with one attached hydrogen (secondary N) is 2. The Balaban J connectivity index is 1.68. The first-order chi connectivity index (χ1) is 12.1. The molecule has 2 amide bonds. The molecule has 1 aliphatic heterocycles. The first-order valence-corrected chi connectivity index (χ1v) is 9.50. The van der Waals surface area contributed by atoms with E-state index in [0.717, 1.165) is 29.1 Å². The van der Waals surface area contributed by atoms with Crippen molar-refractivity contribution in [2.75, 3.05) is 12.9 Å². The van der Waals surface area contributed by atoms with Crippen molar-refractivity contribution < 1.29 is 9.53 Å². The summed E-state index contributed by atoms with van der Waals surface area (Å²) in [5, 5.41) is 6.16. The molecule has 5 heteroatoms. The summed E-state index contributed by atoms with van der Waals surface area (Å²) >= 11 is 1.85. The van der Waals surface area contributed by atoms with Crippen molar-refractivity contribution in [1.29, 1.82) is 0 Å². The minimum atomic E-state index is -0.150. The van der Waals surface area contributed by atoms with Gasteiger partial charge in [0.05, 0.1) is 19.2 Å². The number of fused-ring (bicyclic) bond motifs is 1. The van der Waals surface area contributed by atoms with Gasteiger partial charge in [-0.3, -0.25) is 0 Å². The summed E-state index contributed by atoms with van der Waals surface area (Å²) in [7, 11) is 1.65. The van der Waals surface area contributed by atoms with E-state index in [1.54, 1.807) is 7.11 Å². The van der Waals surface area contributed by atoms with Gasteiger partial charge in [0, 0.05) is 16.2 Å². The standard InChI is InChI=1S/C20H24N2O2S/c1-13-8-9-18(24-3)16(12-13)14(2)21-20(23)22-17-10-11-25-19-7-5-4-6-15(17)19/h4-9,12,14,17H,10-11H2,1-3H3,(H2,21,22,23). The molecule has 0 saturated carbocycles. The quantitative estimate of drug-likeness (QED) is 0.842. The van der Waals surface area contributed by atoms with Gasteiger partial charge in [0.25, 0.3) is 0 Å². The topological polar surface area (TPSA) is 50.4 Å². The molecule has 25 heavy (non-hydrogen) atoms. The average molecular weight is 356 g/mol. The van der Waals surface area contributed by atoms with E-state index in [0.29, 0.717) is 0 Å². The molecule has 0 saturated heterocycles. The lowest BCUT2D eigenvalue weighted by Crippen LogP contribution is -2.40. The van der Waals surface area contributed by atoms with Crippen molar-refractivity contribution in [3.8, 4) is 5.75 Å². The number of benzene rings is 2. The molecule has 3 rings (SSSR count). The van der Waals surface area contributed by atoms with Crippen molar-refractivity contribution in [2.24, 2.45) is 0 Å². The maximum absolute atomic E-state index is 12.5. The Kier molecular flexibility index (Phi) is 5.53. The molecular formula is C20H24N2O2S. The lowest BCUT2D eigenvalue weighted by Gasteiger charge is -2.27. The highest BCUT2D eigenvalue weighted by atomic mass is 32.2. The minimum Gasteiger partial charge on any atom is -0.496 e. The second-order valence-electron chi connectivity index (χ2n) is 6.31. The van der Waals surface area contributed by atoms with Crippen LogP contribution in [-0.4, -0.2) is 18.9 Å². The summed E-state index contributed by atoms with van der Waals surface area (Å²) in [4.78, 5) is 13.8. The van der Waals surface area contributed by atoms with Crippen molar-refractivity contribution >= 4 is 17.8 Å². The maximum Gasteiger partial charge on any atom is 0.315 e. The molecule has 0 radical (unpaired) electrons. The highest BCUT2D eigenvalue weighted by Crippen LogP contribution is 2.35. The van der Waals surface area contributed by atoms with E-state index in [-0.39, 0.29) is 18.1 Å². The van der Waals surface area contributed by atoms with Gasteiger partial charge in [-0.2, -0.15) is 0 Å². The highest BCUT2D eigenvalue weighted by molar-refractivity contribution is 7.99. The molecule has 0 spiro atoms. The summed E-state index contributed by atoms with van der Waals surface area (Å²) in [6.45, 7) is 4.01. The van der Waals surface area contributed by atoms with E-state index >= 15 is 0 Å². The summed E-state index contributed by atoms with van der Waals surface area (Å²) < 4.78 is 5.43. The van der Waals surface area contributed by atoms with Gasteiger partial charge in [0.15, 0.2) is 0 Å². The number of hydrogen-bond acceptors (Lipinski definition) is 3. The third-order valence-electron chi connectivity index (χ3n) is 4.46. The van der Waals surface area contributed by atoms with Gasteiger partial charge >= 0.3 is 6.03 Å². The van der Waals surface area contributed by atoms with E-state index < -0.39 is 0 Å². The normalized spacial score (nSPS) is 17.3. The van der Waals surface area contributed by atoms with Crippen LogP contribution >= 0.6 is 11.8 Å². The zero-order valence-electron chi connectivity index (χ0n) is 14.8. The Bertz CT molecular complexity index is 763. The van der Waals surface area contributed by atoms with E-state index in [4.69, 9.17) is 4.74 Å². The smallest absolute Gasteiger partial charge is 0.315 e. The zero-order valence-corrected chi connectivity index (χ0v) is 15.7. The first kappa shape index (κ1) is 17.7. The van der Waals surface area contributed by atoms with Crippen LogP contribution in [0.25, 0.3) is 0 Å². The number of thioether (sulfide) groups is 1. The predicted octanol–water partition coefficient (Wildman–Crippen LogP) is 4.60. The van der Waals surface area contributed by atoms with Crippen molar-refractivity contribution in [1.82, 2.24) is 10.6 Å². The van der Waals surface area contributed by atoms with Gasteiger partial charge in [-0.1, -0.05) is 35.9 Å². The summed E-state index contributed by atoms with van der Waals surface area (Å²) in [5.41, 5.74) is 3.33. The molecular weight excluding hydrogens is 332 g/mol. The lowest BCUT2D eigenvalue weighted by atomic mass is 10.0. The monoisotopic (exact) mass is 356 g/mol. The Morgan fingerprint density at radius 2 is 2.08 bits per heavy atom. The molecule has 1 aliphatic rings. The van der Waals surface area contributed by atoms with Crippen LogP contribution in [0.15, 0.2) is 47.4 Å².